The van der Waals surface area contributed by atoms with E-state index in [-0.39, 0.29) is 54.5 Å². The molecule has 0 saturated carbocycles. The minimum absolute atomic E-state index is 0.0341. The highest BCUT2D eigenvalue weighted by atomic mass is 19.3. The quantitative estimate of drug-likeness (QED) is 0.0281. The summed E-state index contributed by atoms with van der Waals surface area (Å²) >= 11 is 0. The number of hydrazone groups is 2. The predicted molar refractivity (Wildman–Crippen MR) is 258 cm³/mol. The molecule has 0 spiro atoms. The first kappa shape index (κ1) is 50.8. The van der Waals surface area contributed by atoms with Crippen molar-refractivity contribution < 1.29 is 35.5 Å². The Kier molecular flexibility index (Phi) is 14.7. The van der Waals surface area contributed by atoms with E-state index in [1.165, 1.54) is 33.8 Å². The summed E-state index contributed by atoms with van der Waals surface area (Å²) in [5.74, 6) is -4.87. The lowest BCUT2D eigenvalue weighted by molar-refractivity contribution is -0.142. The Morgan fingerprint density at radius 1 is 0.608 bits per heavy atom. The molecule has 10 aromatic rings. The summed E-state index contributed by atoms with van der Waals surface area (Å²) in [7, 11) is 0. The van der Waals surface area contributed by atoms with Crippen molar-refractivity contribution in [1.82, 2.24) is 64.9 Å². The van der Waals surface area contributed by atoms with Gasteiger partial charge in [0.15, 0.2) is 34.4 Å². The van der Waals surface area contributed by atoms with Crippen LogP contribution in [0.2, 0.25) is 0 Å². The summed E-state index contributed by atoms with van der Waals surface area (Å²) in [4.78, 5) is 27.8. The lowest BCUT2D eigenvalue weighted by Crippen LogP contribution is -2.36. The summed E-state index contributed by atoms with van der Waals surface area (Å²) in [6.45, 7) is 1.64. The molecule has 1 amide bonds. The highest BCUT2D eigenvalue weighted by molar-refractivity contribution is 6.07. The molecule has 3 aromatic carbocycles. The van der Waals surface area contributed by atoms with Crippen molar-refractivity contribution >= 4 is 50.7 Å². The Labute approximate surface area is 413 Å². The second kappa shape index (κ2) is 21.4. The summed E-state index contributed by atoms with van der Waals surface area (Å²) in [5, 5.41) is 27.8. The maximum atomic E-state index is 14.0. The van der Waals surface area contributed by atoms with Crippen LogP contribution in [0.3, 0.4) is 0 Å². The molecule has 10 rings (SSSR count). The third-order valence-corrected chi connectivity index (χ3v) is 10.8. The van der Waals surface area contributed by atoms with Crippen LogP contribution in [-0.2, 0) is 30.4 Å². The maximum absolute atomic E-state index is 14.0. The van der Waals surface area contributed by atoms with Crippen molar-refractivity contribution in [3.8, 4) is 11.5 Å². The molecule has 0 aliphatic heterocycles. The van der Waals surface area contributed by atoms with E-state index in [1.54, 1.807) is 107 Å². The number of carbonyl (C=O) groups is 1. The van der Waals surface area contributed by atoms with E-state index >= 15 is 0 Å². The number of aromatic amines is 1. The van der Waals surface area contributed by atoms with E-state index in [2.05, 4.69) is 55.6 Å². The number of nitrogens with one attached hydrogen (secondary N) is 2. The number of amidine groups is 2. The summed E-state index contributed by atoms with van der Waals surface area (Å²) in [5.41, 5.74) is 16.9. The average molecular weight is 1020 g/mol. The first-order valence-corrected chi connectivity index (χ1v) is 21.9. The van der Waals surface area contributed by atoms with Crippen LogP contribution in [0.15, 0.2) is 138 Å². The Morgan fingerprint density at radius 3 is 1.45 bits per heavy atom. The normalized spacial score (nSPS) is 12.1. The van der Waals surface area contributed by atoms with E-state index in [9.17, 15) is 35.5 Å². The summed E-state index contributed by atoms with van der Waals surface area (Å²) < 4.78 is 98.9. The fourth-order valence-electron chi connectivity index (χ4n) is 7.15. The minimum atomic E-state index is -3.60. The zero-order valence-electron chi connectivity index (χ0n) is 38.8. The van der Waals surface area contributed by atoms with Gasteiger partial charge in [0.05, 0.1) is 35.8 Å². The number of alkyl halides is 4. The van der Waals surface area contributed by atoms with Gasteiger partial charge in [-0.3, -0.25) is 9.89 Å². The van der Waals surface area contributed by atoms with Gasteiger partial charge in [-0.25, -0.2) is 52.6 Å². The second-order valence-electron chi connectivity index (χ2n) is 16.2. The zero-order chi connectivity index (χ0) is 52.7. The van der Waals surface area contributed by atoms with Crippen molar-refractivity contribution in [2.45, 2.75) is 45.3 Å². The SMILES string of the molecule is CC(F)(F)C(=O)N/N=C(\N)c1nn(Cc2ccccc2F)c2ncccc12.CC(F)(F)c1nc(-c2nn(Cc3ccccc3F)c3ncccc23)n[nH]1.N/N=C(\N)c1nn(Cc2ccccc2F)c2ncccc12. The number of aromatic nitrogens is 12. The van der Waals surface area contributed by atoms with Crippen LogP contribution in [0.5, 0.6) is 0 Å². The van der Waals surface area contributed by atoms with E-state index in [0.717, 1.165) is 12.3 Å². The number of carbonyl (C=O) groups excluding carboxylic acids is 1. The van der Waals surface area contributed by atoms with Crippen molar-refractivity contribution in [2.75, 3.05) is 0 Å². The highest BCUT2D eigenvalue weighted by Gasteiger charge is 2.33. The standard InChI is InChI=1S/C17H15F3N6O.C17H13F3N6.C14H13FN6/c1-17(19,20)16(27)24-23-14(21)13-11-6-4-8-22-15(11)26(25-13)9-10-5-2-3-7-12(10)18;1-17(19,20)16-22-14(23-24-16)13-11-6-4-8-21-15(11)26(25-13)9-10-5-2-3-7-12(10)18;15-11-6-2-1-4-9(11)8-21-14-10(5-3-7-18-14)12(20-21)13(16)19-17/h2-8H,9H2,1H3,(H2,21,23)(H,24,27);2-8H,9H2,1H3,(H,22,23,24);1-7H,8,17H2,(H2,16,19). The lowest BCUT2D eigenvalue weighted by atomic mass is 10.2. The Morgan fingerprint density at radius 2 is 1.03 bits per heavy atom. The molecule has 0 aliphatic carbocycles. The molecule has 7 aromatic heterocycles. The third-order valence-electron chi connectivity index (χ3n) is 10.8. The van der Waals surface area contributed by atoms with E-state index < -0.39 is 29.4 Å². The lowest BCUT2D eigenvalue weighted by Gasteiger charge is -2.07. The molecule has 0 unspecified atom stereocenters. The van der Waals surface area contributed by atoms with Crippen molar-refractivity contribution in [3.63, 3.8) is 0 Å². The predicted octanol–water partition coefficient (Wildman–Crippen LogP) is 6.72. The monoisotopic (exact) mass is 1020 g/mol. The molecule has 0 fully saturated rings. The largest absolute Gasteiger partial charge is 0.380 e. The number of H-pyrrole nitrogens is 1. The molecular formula is C48H41F7N18O. The number of nitrogens with zero attached hydrogens (tertiary/aromatic N) is 13. The molecule has 0 bridgehead atoms. The van der Waals surface area contributed by atoms with Gasteiger partial charge in [-0.2, -0.15) is 48.2 Å². The Hall–Kier alpha value is -9.62. The van der Waals surface area contributed by atoms with Crippen LogP contribution in [0.1, 0.15) is 47.8 Å². The van der Waals surface area contributed by atoms with Crippen LogP contribution >= 0.6 is 0 Å². The molecular weight excluding hydrogens is 978 g/mol. The second-order valence-corrected chi connectivity index (χ2v) is 16.2. The number of hydrogen-bond donors (Lipinski definition) is 5. The van der Waals surface area contributed by atoms with E-state index in [4.69, 9.17) is 17.3 Å². The topological polar surface area (TPSA) is 266 Å². The molecule has 26 heteroatoms. The number of nitrogens with two attached hydrogens (primary N) is 3. The molecule has 19 nitrogen and oxygen atoms in total. The van der Waals surface area contributed by atoms with Crippen molar-refractivity contribution in [1.29, 1.82) is 0 Å². The number of halogens is 7. The number of rotatable bonds is 12. The maximum Gasteiger partial charge on any atom is 0.323 e. The molecule has 0 radical (unpaired) electrons. The molecule has 378 valence electrons. The molecule has 74 heavy (non-hydrogen) atoms. The van der Waals surface area contributed by atoms with E-state index in [1.807, 2.05) is 6.07 Å². The van der Waals surface area contributed by atoms with Gasteiger partial charge in [0.2, 0.25) is 5.82 Å². The fourth-order valence-corrected chi connectivity index (χ4v) is 7.15. The number of hydrogen-bond acceptors (Lipinski definition) is 12. The van der Waals surface area contributed by atoms with Gasteiger partial charge in [0.1, 0.15) is 34.5 Å². The van der Waals surface area contributed by atoms with Crippen LogP contribution in [-0.4, -0.2) is 83.0 Å². The number of pyridine rings is 3. The molecule has 7 heterocycles. The Balaban J connectivity index is 0.000000149. The summed E-state index contributed by atoms with van der Waals surface area (Å²) in [6, 6.07) is 29.4. The van der Waals surface area contributed by atoms with Crippen molar-refractivity contribution in [2.24, 2.45) is 27.5 Å². The number of fused-ring (bicyclic) bond motifs is 3. The number of benzene rings is 3. The fraction of sp³-hybridized carbons (Fsp3) is 0.146. The van der Waals surface area contributed by atoms with Gasteiger partial charge >= 0.3 is 17.8 Å². The molecule has 8 N–H and O–H groups in total. The summed E-state index contributed by atoms with van der Waals surface area (Å²) in [6.07, 6.45) is 4.75. The third kappa shape index (κ3) is 11.3. The Bertz CT molecular complexity index is 3690. The van der Waals surface area contributed by atoms with Crippen LogP contribution in [0, 0.1) is 17.5 Å². The molecule has 0 aliphatic rings. The number of amides is 1. The van der Waals surface area contributed by atoms with Crippen LogP contribution in [0.25, 0.3) is 44.6 Å². The van der Waals surface area contributed by atoms with Gasteiger partial charge in [0, 0.05) is 49.1 Å². The van der Waals surface area contributed by atoms with Gasteiger partial charge in [-0.05, 0) is 54.6 Å². The highest BCUT2D eigenvalue weighted by Crippen LogP contribution is 2.29. The van der Waals surface area contributed by atoms with Crippen molar-refractivity contribution in [3.05, 3.63) is 179 Å². The van der Waals surface area contributed by atoms with Crippen LogP contribution in [0.4, 0.5) is 30.7 Å². The first-order chi connectivity index (χ1) is 35.4. The average Bonchev–Trinajstić information content (AvgIpc) is 4.20. The van der Waals surface area contributed by atoms with Gasteiger partial charge < -0.3 is 17.3 Å². The van der Waals surface area contributed by atoms with Gasteiger partial charge in [-0.15, -0.1) is 0 Å². The van der Waals surface area contributed by atoms with E-state index in [0.29, 0.717) is 62.7 Å². The smallest absolute Gasteiger partial charge is 0.323 e. The molecule has 0 atom stereocenters. The molecule has 0 saturated heterocycles. The zero-order valence-corrected chi connectivity index (χ0v) is 38.8. The van der Waals surface area contributed by atoms with Gasteiger partial charge in [-0.1, -0.05) is 54.6 Å². The first-order valence-electron chi connectivity index (χ1n) is 21.9. The van der Waals surface area contributed by atoms with Gasteiger partial charge in [0.25, 0.3) is 0 Å². The minimum Gasteiger partial charge on any atom is -0.380 e. The van der Waals surface area contributed by atoms with Crippen LogP contribution < -0.4 is 22.7 Å².